The zero-order valence-corrected chi connectivity index (χ0v) is 13.6. The number of hydrogen-bond acceptors (Lipinski definition) is 3. The molecule has 104 valence electrons. The third kappa shape index (κ3) is 2.96. The summed E-state index contributed by atoms with van der Waals surface area (Å²) in [5.74, 6) is 0.519. The van der Waals surface area contributed by atoms with Gasteiger partial charge in [0.1, 0.15) is 10.8 Å². The van der Waals surface area contributed by atoms with Crippen molar-refractivity contribution in [2.45, 2.75) is 6.92 Å². The van der Waals surface area contributed by atoms with Crippen LogP contribution in [0.1, 0.15) is 5.69 Å². The number of rotatable bonds is 2. The lowest BCUT2D eigenvalue weighted by molar-refractivity contribution is 1.11. The Morgan fingerprint density at radius 1 is 0.905 bits per heavy atom. The smallest absolute Gasteiger partial charge is 0.180 e. The number of nitrogens with zero attached hydrogens (tertiary/aromatic N) is 3. The van der Waals surface area contributed by atoms with E-state index in [4.69, 9.17) is 11.6 Å². The molecule has 1 aromatic carbocycles. The highest BCUT2D eigenvalue weighted by Gasteiger charge is 2.14. The minimum Gasteiger partial charge on any atom is -0.250 e. The predicted molar refractivity (Wildman–Crippen MR) is 88.1 cm³/mol. The Morgan fingerprint density at radius 2 is 1.67 bits per heavy atom. The van der Waals surface area contributed by atoms with E-state index in [0.717, 1.165) is 17.0 Å². The molecule has 0 saturated carbocycles. The monoisotopic (exact) mass is 359 g/mol. The summed E-state index contributed by atoms with van der Waals surface area (Å²) in [5, 5.41) is 0.377. The van der Waals surface area contributed by atoms with Crippen molar-refractivity contribution in [3.8, 4) is 22.8 Å². The van der Waals surface area contributed by atoms with Crippen molar-refractivity contribution in [2.75, 3.05) is 0 Å². The van der Waals surface area contributed by atoms with Crippen LogP contribution in [0.15, 0.2) is 53.0 Å². The van der Waals surface area contributed by atoms with Gasteiger partial charge in [0.15, 0.2) is 5.82 Å². The molecule has 0 amide bonds. The molecule has 21 heavy (non-hydrogen) atoms. The first-order valence-electron chi connectivity index (χ1n) is 6.37. The van der Waals surface area contributed by atoms with Crippen LogP contribution in [0, 0.1) is 6.92 Å². The number of aromatic nitrogens is 3. The number of aryl methyl sites for hydroxylation is 1. The number of halogens is 2. The van der Waals surface area contributed by atoms with E-state index in [-0.39, 0.29) is 0 Å². The summed E-state index contributed by atoms with van der Waals surface area (Å²) in [4.78, 5) is 13.4. The summed E-state index contributed by atoms with van der Waals surface area (Å²) in [5.41, 5.74) is 3.36. The van der Waals surface area contributed by atoms with Gasteiger partial charge in [0.2, 0.25) is 0 Å². The highest BCUT2D eigenvalue weighted by atomic mass is 79.9. The maximum Gasteiger partial charge on any atom is 0.180 e. The van der Waals surface area contributed by atoms with Gasteiger partial charge in [0, 0.05) is 11.3 Å². The van der Waals surface area contributed by atoms with Crippen LogP contribution in [0.3, 0.4) is 0 Å². The molecule has 0 aliphatic heterocycles. The molecule has 0 radical (unpaired) electrons. The Balaban J connectivity index is 2.19. The first-order valence-corrected chi connectivity index (χ1v) is 7.55. The molecule has 0 fully saturated rings. The third-order valence-corrected chi connectivity index (χ3v) is 4.23. The molecule has 3 rings (SSSR count). The van der Waals surface area contributed by atoms with Gasteiger partial charge in [-0.2, -0.15) is 0 Å². The van der Waals surface area contributed by atoms with Gasteiger partial charge in [-0.15, -0.1) is 0 Å². The van der Waals surface area contributed by atoms with Crippen LogP contribution in [-0.4, -0.2) is 15.0 Å². The molecule has 0 saturated heterocycles. The Bertz CT molecular complexity index is 791. The van der Waals surface area contributed by atoms with Crippen LogP contribution < -0.4 is 0 Å². The molecular weight excluding hydrogens is 350 g/mol. The van der Waals surface area contributed by atoms with Crippen molar-refractivity contribution >= 4 is 27.5 Å². The van der Waals surface area contributed by atoms with E-state index in [0.29, 0.717) is 21.1 Å². The second-order valence-corrected chi connectivity index (χ2v) is 5.68. The van der Waals surface area contributed by atoms with Crippen molar-refractivity contribution in [1.29, 1.82) is 0 Å². The van der Waals surface area contributed by atoms with Gasteiger partial charge in [0.05, 0.1) is 10.2 Å². The quantitative estimate of drug-likeness (QED) is 0.608. The summed E-state index contributed by atoms with van der Waals surface area (Å²) in [6.07, 6.45) is 0. The summed E-state index contributed by atoms with van der Waals surface area (Å²) in [6, 6.07) is 15.6. The van der Waals surface area contributed by atoms with E-state index in [2.05, 4.69) is 30.9 Å². The van der Waals surface area contributed by atoms with E-state index in [1.807, 2.05) is 55.5 Å². The van der Waals surface area contributed by atoms with Gasteiger partial charge in [-0.05, 0) is 35.0 Å². The van der Waals surface area contributed by atoms with Crippen molar-refractivity contribution in [1.82, 2.24) is 15.0 Å². The third-order valence-electron chi connectivity index (χ3n) is 2.98. The fourth-order valence-corrected chi connectivity index (χ4v) is 2.56. The molecule has 0 atom stereocenters. The number of pyridine rings is 1. The number of hydrogen-bond donors (Lipinski definition) is 0. The fraction of sp³-hybridized carbons (Fsp3) is 0.0625. The normalized spacial score (nSPS) is 10.6. The van der Waals surface area contributed by atoms with Crippen molar-refractivity contribution in [2.24, 2.45) is 0 Å². The molecule has 0 aliphatic rings. The van der Waals surface area contributed by atoms with Gasteiger partial charge in [0.25, 0.3) is 0 Å². The van der Waals surface area contributed by atoms with Crippen molar-refractivity contribution in [3.63, 3.8) is 0 Å². The van der Waals surface area contributed by atoms with E-state index < -0.39 is 0 Å². The highest BCUT2D eigenvalue weighted by Crippen LogP contribution is 2.32. The maximum atomic E-state index is 6.23. The van der Waals surface area contributed by atoms with Crippen LogP contribution in [0.4, 0.5) is 0 Å². The fourth-order valence-electron chi connectivity index (χ4n) is 1.99. The molecule has 3 nitrogen and oxygen atoms in total. The molecule has 0 unspecified atom stereocenters. The molecule has 2 aromatic heterocycles. The topological polar surface area (TPSA) is 38.7 Å². The first kappa shape index (κ1) is 14.2. The molecular formula is C16H11BrClN3. The lowest BCUT2D eigenvalue weighted by Gasteiger charge is -2.08. The Labute approximate surface area is 136 Å². The van der Waals surface area contributed by atoms with Crippen molar-refractivity contribution in [3.05, 3.63) is 63.9 Å². The van der Waals surface area contributed by atoms with Crippen LogP contribution in [0.25, 0.3) is 22.8 Å². The summed E-state index contributed by atoms with van der Waals surface area (Å²) < 4.78 is 0.687. The SMILES string of the molecule is Cc1cccc(-c2nc(Cl)c(Br)c(-c3ccccc3)n2)n1. The molecule has 3 aromatic rings. The van der Waals surface area contributed by atoms with Gasteiger partial charge < -0.3 is 0 Å². The van der Waals surface area contributed by atoms with E-state index in [9.17, 15) is 0 Å². The average molecular weight is 361 g/mol. The summed E-state index contributed by atoms with van der Waals surface area (Å²) in [6.45, 7) is 1.93. The zero-order chi connectivity index (χ0) is 14.8. The summed E-state index contributed by atoms with van der Waals surface area (Å²) >= 11 is 9.69. The standard InChI is InChI=1S/C16H11BrClN3/c1-10-6-5-9-12(19-10)16-20-14(13(17)15(18)21-16)11-7-3-2-4-8-11/h2-9H,1H3. The predicted octanol–water partition coefficient (Wildman–Crippen LogP) is 4.93. The van der Waals surface area contributed by atoms with Crippen LogP contribution >= 0.6 is 27.5 Å². The van der Waals surface area contributed by atoms with E-state index in [1.54, 1.807) is 0 Å². The minimum atomic E-state index is 0.377. The Kier molecular flexibility index (Phi) is 3.99. The van der Waals surface area contributed by atoms with Crippen molar-refractivity contribution < 1.29 is 0 Å². The van der Waals surface area contributed by atoms with Crippen LogP contribution in [0.5, 0.6) is 0 Å². The van der Waals surface area contributed by atoms with E-state index in [1.165, 1.54) is 0 Å². The van der Waals surface area contributed by atoms with Crippen LogP contribution in [0.2, 0.25) is 5.15 Å². The Hall–Kier alpha value is -1.78. The molecule has 0 N–H and O–H groups in total. The van der Waals surface area contributed by atoms with Gasteiger partial charge in [-0.25, -0.2) is 15.0 Å². The highest BCUT2D eigenvalue weighted by molar-refractivity contribution is 9.10. The lowest BCUT2D eigenvalue weighted by atomic mass is 10.1. The van der Waals surface area contributed by atoms with E-state index >= 15 is 0 Å². The molecule has 0 aliphatic carbocycles. The molecule has 0 bridgehead atoms. The largest absolute Gasteiger partial charge is 0.250 e. The molecule has 5 heteroatoms. The maximum absolute atomic E-state index is 6.23. The van der Waals surface area contributed by atoms with Gasteiger partial charge in [-0.3, -0.25) is 0 Å². The lowest BCUT2D eigenvalue weighted by Crippen LogP contribution is -1.97. The second-order valence-electron chi connectivity index (χ2n) is 4.53. The average Bonchev–Trinajstić information content (AvgIpc) is 2.51. The minimum absolute atomic E-state index is 0.377. The van der Waals surface area contributed by atoms with Gasteiger partial charge in [-0.1, -0.05) is 48.0 Å². The Morgan fingerprint density at radius 3 is 2.38 bits per heavy atom. The van der Waals surface area contributed by atoms with Gasteiger partial charge >= 0.3 is 0 Å². The number of benzene rings is 1. The van der Waals surface area contributed by atoms with Crippen LogP contribution in [-0.2, 0) is 0 Å². The summed E-state index contributed by atoms with van der Waals surface area (Å²) in [7, 11) is 0. The zero-order valence-electron chi connectivity index (χ0n) is 11.2. The second kappa shape index (κ2) is 5.92. The molecule has 2 heterocycles. The first-order chi connectivity index (χ1) is 10.1. The molecule has 0 spiro atoms.